The van der Waals surface area contributed by atoms with E-state index in [9.17, 15) is 13.2 Å². The smallest absolute Gasteiger partial charge is 0.309 e. The first-order chi connectivity index (χ1) is 9.45. The Bertz CT molecular complexity index is 594. The molecule has 1 unspecified atom stereocenters. The minimum Gasteiger partial charge on any atom is -0.309 e. The number of aromatic nitrogens is 1. The fourth-order valence-electron chi connectivity index (χ4n) is 2.29. The maximum Gasteiger partial charge on any atom is 0.416 e. The highest BCUT2D eigenvalue weighted by Crippen LogP contribution is 2.36. The van der Waals surface area contributed by atoms with Gasteiger partial charge in [-0.2, -0.15) is 13.2 Å². The molecular formula is C15H15F3N2. The van der Waals surface area contributed by atoms with Crippen LogP contribution in [0, 0.1) is 6.92 Å². The molecule has 0 radical (unpaired) electrons. The third-order valence-electron chi connectivity index (χ3n) is 3.24. The van der Waals surface area contributed by atoms with Crippen molar-refractivity contribution in [2.75, 3.05) is 7.05 Å². The number of hydrogen-bond donors (Lipinski definition) is 1. The molecule has 1 heterocycles. The zero-order valence-electron chi connectivity index (χ0n) is 11.2. The summed E-state index contributed by atoms with van der Waals surface area (Å²) in [6, 6.07) is 6.85. The quantitative estimate of drug-likeness (QED) is 0.927. The number of rotatable bonds is 3. The van der Waals surface area contributed by atoms with Crippen LogP contribution in [0.2, 0.25) is 0 Å². The van der Waals surface area contributed by atoms with Crippen molar-refractivity contribution >= 4 is 0 Å². The molecule has 1 aromatic carbocycles. The Morgan fingerprint density at radius 2 is 1.80 bits per heavy atom. The van der Waals surface area contributed by atoms with Crippen molar-refractivity contribution in [3.63, 3.8) is 0 Å². The zero-order valence-corrected chi connectivity index (χ0v) is 11.2. The van der Waals surface area contributed by atoms with Crippen LogP contribution in [0.25, 0.3) is 0 Å². The van der Waals surface area contributed by atoms with Gasteiger partial charge in [0.25, 0.3) is 0 Å². The maximum atomic E-state index is 13.1. The van der Waals surface area contributed by atoms with Gasteiger partial charge >= 0.3 is 6.18 Å². The lowest BCUT2D eigenvalue weighted by Crippen LogP contribution is -2.22. The zero-order chi connectivity index (χ0) is 14.8. The second kappa shape index (κ2) is 5.63. The highest BCUT2D eigenvalue weighted by Gasteiger charge is 2.35. The van der Waals surface area contributed by atoms with Crippen LogP contribution in [0.3, 0.4) is 0 Å². The van der Waals surface area contributed by atoms with Gasteiger partial charge in [-0.25, -0.2) is 0 Å². The predicted molar refractivity (Wildman–Crippen MR) is 71.3 cm³/mol. The SMILES string of the molecule is CNC(c1ccncc1C)c1ccccc1C(F)(F)F. The molecule has 2 aromatic rings. The van der Waals surface area contributed by atoms with Crippen LogP contribution in [0.4, 0.5) is 13.2 Å². The third-order valence-corrected chi connectivity index (χ3v) is 3.24. The van der Waals surface area contributed by atoms with Gasteiger partial charge in [0.05, 0.1) is 11.6 Å². The highest BCUT2D eigenvalue weighted by molar-refractivity contribution is 5.40. The van der Waals surface area contributed by atoms with Gasteiger partial charge in [0.2, 0.25) is 0 Å². The van der Waals surface area contributed by atoms with Crippen LogP contribution in [-0.2, 0) is 6.18 Å². The van der Waals surface area contributed by atoms with Crippen molar-refractivity contribution in [1.29, 1.82) is 0 Å². The van der Waals surface area contributed by atoms with Crippen molar-refractivity contribution < 1.29 is 13.2 Å². The van der Waals surface area contributed by atoms with Crippen molar-refractivity contribution in [1.82, 2.24) is 10.3 Å². The number of aryl methyl sites for hydroxylation is 1. The number of alkyl halides is 3. The molecule has 0 aliphatic heterocycles. The molecule has 0 saturated heterocycles. The number of benzene rings is 1. The van der Waals surface area contributed by atoms with E-state index in [2.05, 4.69) is 10.3 Å². The van der Waals surface area contributed by atoms with E-state index in [0.717, 1.165) is 17.2 Å². The van der Waals surface area contributed by atoms with Crippen LogP contribution in [0.15, 0.2) is 42.7 Å². The predicted octanol–water partition coefficient (Wildman–Crippen LogP) is 3.72. The van der Waals surface area contributed by atoms with Gasteiger partial charge in [0.1, 0.15) is 0 Å². The third kappa shape index (κ3) is 2.82. The molecule has 0 saturated carbocycles. The van der Waals surface area contributed by atoms with E-state index >= 15 is 0 Å². The van der Waals surface area contributed by atoms with E-state index in [4.69, 9.17) is 0 Å². The summed E-state index contributed by atoms with van der Waals surface area (Å²) in [6.07, 6.45) is -1.13. The molecule has 1 N–H and O–H groups in total. The van der Waals surface area contributed by atoms with E-state index < -0.39 is 17.8 Å². The Morgan fingerprint density at radius 1 is 1.10 bits per heavy atom. The fourth-order valence-corrected chi connectivity index (χ4v) is 2.29. The summed E-state index contributed by atoms with van der Waals surface area (Å²) in [7, 11) is 1.65. The fraction of sp³-hybridized carbons (Fsp3) is 0.267. The molecule has 0 bridgehead atoms. The van der Waals surface area contributed by atoms with Crippen LogP contribution < -0.4 is 5.32 Å². The first kappa shape index (κ1) is 14.5. The summed E-state index contributed by atoms with van der Waals surface area (Å²) in [5.41, 5.74) is 1.25. The van der Waals surface area contributed by atoms with Gasteiger partial charge in [0, 0.05) is 12.4 Å². The largest absolute Gasteiger partial charge is 0.416 e. The number of hydrogen-bond acceptors (Lipinski definition) is 2. The Labute approximate surface area is 115 Å². The second-order valence-electron chi connectivity index (χ2n) is 4.54. The molecule has 106 valence electrons. The molecule has 0 aliphatic rings. The van der Waals surface area contributed by atoms with Crippen LogP contribution in [-0.4, -0.2) is 12.0 Å². The monoisotopic (exact) mass is 280 g/mol. The molecule has 2 rings (SSSR count). The van der Waals surface area contributed by atoms with Gasteiger partial charge < -0.3 is 5.32 Å². The number of halogens is 3. The molecule has 5 heteroatoms. The van der Waals surface area contributed by atoms with Crippen molar-refractivity contribution in [3.05, 3.63) is 65.0 Å². The Kier molecular flexibility index (Phi) is 4.09. The molecule has 0 spiro atoms. The van der Waals surface area contributed by atoms with Gasteiger partial charge in [-0.1, -0.05) is 18.2 Å². The Morgan fingerprint density at radius 3 is 2.40 bits per heavy atom. The first-order valence-electron chi connectivity index (χ1n) is 6.19. The van der Waals surface area contributed by atoms with Crippen molar-refractivity contribution in [2.24, 2.45) is 0 Å². The van der Waals surface area contributed by atoms with E-state index in [1.807, 2.05) is 6.92 Å². The van der Waals surface area contributed by atoms with Crippen LogP contribution >= 0.6 is 0 Å². The van der Waals surface area contributed by atoms with E-state index in [-0.39, 0.29) is 5.56 Å². The van der Waals surface area contributed by atoms with E-state index in [0.29, 0.717) is 0 Å². The summed E-state index contributed by atoms with van der Waals surface area (Å²) in [5, 5.41) is 2.96. The first-order valence-corrected chi connectivity index (χ1v) is 6.19. The lowest BCUT2D eigenvalue weighted by atomic mass is 9.92. The van der Waals surface area contributed by atoms with Crippen molar-refractivity contribution in [3.8, 4) is 0 Å². The molecule has 0 aliphatic carbocycles. The lowest BCUT2D eigenvalue weighted by molar-refractivity contribution is -0.138. The average Bonchev–Trinajstić information content (AvgIpc) is 2.41. The minimum absolute atomic E-state index is 0.219. The summed E-state index contributed by atoms with van der Waals surface area (Å²) in [4.78, 5) is 3.98. The number of pyridine rings is 1. The second-order valence-corrected chi connectivity index (χ2v) is 4.54. The van der Waals surface area contributed by atoms with Crippen LogP contribution in [0.5, 0.6) is 0 Å². The van der Waals surface area contributed by atoms with Gasteiger partial charge in [-0.3, -0.25) is 4.98 Å². The van der Waals surface area contributed by atoms with Gasteiger partial charge in [0.15, 0.2) is 0 Å². The molecule has 1 aromatic heterocycles. The normalized spacial score (nSPS) is 13.2. The molecule has 20 heavy (non-hydrogen) atoms. The topological polar surface area (TPSA) is 24.9 Å². The molecule has 0 fully saturated rings. The van der Waals surface area contributed by atoms with Crippen LogP contribution in [0.1, 0.15) is 28.3 Å². The molecular weight excluding hydrogens is 265 g/mol. The maximum absolute atomic E-state index is 13.1. The Hall–Kier alpha value is -1.88. The van der Waals surface area contributed by atoms with Crippen molar-refractivity contribution in [2.45, 2.75) is 19.1 Å². The Balaban J connectivity index is 2.57. The summed E-state index contributed by atoms with van der Waals surface area (Å²) in [6.45, 7) is 1.84. The summed E-state index contributed by atoms with van der Waals surface area (Å²) >= 11 is 0. The average molecular weight is 280 g/mol. The summed E-state index contributed by atoms with van der Waals surface area (Å²) < 4.78 is 39.4. The summed E-state index contributed by atoms with van der Waals surface area (Å²) in [5.74, 6) is 0. The van der Waals surface area contributed by atoms with E-state index in [1.165, 1.54) is 12.1 Å². The van der Waals surface area contributed by atoms with E-state index in [1.54, 1.807) is 31.6 Å². The van der Waals surface area contributed by atoms with Gasteiger partial charge in [-0.05, 0) is 42.8 Å². The molecule has 0 amide bonds. The number of nitrogens with one attached hydrogen (secondary N) is 1. The lowest BCUT2D eigenvalue weighted by Gasteiger charge is -2.23. The minimum atomic E-state index is -4.37. The number of nitrogens with zero attached hydrogens (tertiary/aromatic N) is 1. The standard InChI is InChI=1S/C15H15F3N2/c1-10-9-20-8-7-11(10)14(19-2)12-5-3-4-6-13(12)15(16,17)18/h3-9,14,19H,1-2H3. The highest BCUT2D eigenvalue weighted by atomic mass is 19.4. The molecule has 2 nitrogen and oxygen atoms in total. The molecule has 1 atom stereocenters. The van der Waals surface area contributed by atoms with Gasteiger partial charge in [-0.15, -0.1) is 0 Å².